The van der Waals surface area contributed by atoms with Crippen molar-refractivity contribution in [1.29, 1.82) is 0 Å². The lowest BCUT2D eigenvalue weighted by Gasteiger charge is -2.46. The topological polar surface area (TPSA) is 370 Å². The number of H-pyrrole nitrogens is 2. The monoisotopic (exact) mass is 1800 g/mol. The molecule has 0 bridgehead atoms. The van der Waals surface area contributed by atoms with E-state index < -0.39 is 64.8 Å². The average molecular weight is 1810 g/mol. The van der Waals surface area contributed by atoms with Gasteiger partial charge in [-0.05, 0) is 185 Å². The summed E-state index contributed by atoms with van der Waals surface area (Å²) in [6.45, 7) is 20.7. The lowest BCUT2D eigenvalue weighted by molar-refractivity contribution is -0.136. The largest absolute Gasteiger partial charge is 0.447 e. The summed E-state index contributed by atoms with van der Waals surface area (Å²) < 4.78 is 63.6. The first-order valence-corrected chi connectivity index (χ1v) is 46.1. The van der Waals surface area contributed by atoms with E-state index in [-0.39, 0.29) is 105 Å². The molecule has 4 spiro atoms. The molecule has 5 N–H and O–H groups in total. The number of carbonyl (C=O) groups is 9. The second-order valence-corrected chi connectivity index (χ2v) is 37.8. The lowest BCUT2D eigenvalue weighted by Crippen LogP contribution is -2.65. The summed E-state index contributed by atoms with van der Waals surface area (Å²) in [4.78, 5) is 155. The maximum absolute atomic E-state index is 13.9. The van der Waals surface area contributed by atoms with Gasteiger partial charge in [0.25, 0.3) is 0 Å². The van der Waals surface area contributed by atoms with Gasteiger partial charge in [0.1, 0.15) is 50.7 Å². The predicted octanol–water partition coefficient (Wildman–Crippen LogP) is 12.9. The van der Waals surface area contributed by atoms with Crippen LogP contribution in [0.3, 0.4) is 0 Å². The van der Waals surface area contributed by atoms with Gasteiger partial charge < -0.3 is 92.6 Å². The fourth-order valence-corrected chi connectivity index (χ4v) is 20.9. The van der Waals surface area contributed by atoms with E-state index in [1.807, 2.05) is 130 Å². The molecule has 35 heteroatoms. The van der Waals surface area contributed by atoms with E-state index in [0.717, 1.165) is 139 Å². The van der Waals surface area contributed by atoms with Gasteiger partial charge in [-0.2, -0.15) is 13.2 Å². The third-order valence-electron chi connectivity index (χ3n) is 27.1. The quantitative estimate of drug-likeness (QED) is 0.0498. The van der Waals surface area contributed by atoms with E-state index in [9.17, 15) is 71.6 Å². The van der Waals surface area contributed by atoms with E-state index in [2.05, 4.69) is 31.4 Å². The molecule has 12 aliphatic rings. The molecule has 4 aromatic carbocycles. The van der Waals surface area contributed by atoms with Crippen molar-refractivity contribution in [3.05, 3.63) is 188 Å². The Balaban J connectivity index is 0.000000123. The fourth-order valence-electron chi connectivity index (χ4n) is 20.9. The number of fused-ring (bicyclic) bond motifs is 12. The summed E-state index contributed by atoms with van der Waals surface area (Å²) in [6.07, 6.45) is 1.43. The summed E-state index contributed by atoms with van der Waals surface area (Å²) in [7, 11) is 0. The van der Waals surface area contributed by atoms with Crippen molar-refractivity contribution in [2.45, 2.75) is 275 Å². The Hall–Kier alpha value is -12.0. The number of hydrogen-bond donors (Lipinski definition) is 5. The Morgan fingerprint density at radius 2 is 0.756 bits per heavy atom. The smallest absolute Gasteiger partial charge is 0.410 e. The molecule has 131 heavy (non-hydrogen) atoms. The van der Waals surface area contributed by atoms with Crippen molar-refractivity contribution in [3.63, 3.8) is 0 Å². The number of nitrogens with zero attached hydrogens (tertiary/aromatic N) is 14. The summed E-state index contributed by atoms with van der Waals surface area (Å²) in [5, 5.41) is 31.6. The number of benzene rings is 4. The Morgan fingerprint density at radius 1 is 0.427 bits per heavy atom. The van der Waals surface area contributed by atoms with E-state index >= 15 is 0 Å². The molecule has 4 saturated heterocycles. The minimum Gasteiger partial charge on any atom is -0.447 e. The molecule has 4 fully saturated rings. The van der Waals surface area contributed by atoms with Crippen LogP contribution >= 0.6 is 0 Å². The van der Waals surface area contributed by atoms with Crippen LogP contribution in [0.5, 0.6) is 0 Å². The number of aliphatic hydroxyl groups is 3. The van der Waals surface area contributed by atoms with Crippen LogP contribution in [0.25, 0.3) is 0 Å². The Bertz CT molecular complexity index is 5750. The molecule has 3 atom stereocenters. The van der Waals surface area contributed by atoms with Gasteiger partial charge in [-0.25, -0.2) is 39.1 Å². The molecule has 8 aliphatic heterocycles. The molecule has 8 amide bonds. The van der Waals surface area contributed by atoms with Crippen LogP contribution < -0.4 is 19.6 Å². The first-order valence-electron chi connectivity index (χ1n) is 46.1. The molecular weight excluding hydrogens is 1690 g/mol. The summed E-state index contributed by atoms with van der Waals surface area (Å²) in [6, 6.07) is 30.7. The third kappa shape index (κ3) is 16.9. The Morgan fingerprint density at radius 3 is 1.11 bits per heavy atom. The molecule has 12 heterocycles. The maximum atomic E-state index is 13.9. The third-order valence-corrected chi connectivity index (χ3v) is 27.1. The zero-order valence-electron chi connectivity index (χ0n) is 75.5. The van der Waals surface area contributed by atoms with E-state index in [4.69, 9.17) is 28.9 Å². The van der Waals surface area contributed by atoms with Gasteiger partial charge in [-0.15, -0.1) is 0 Å². The van der Waals surface area contributed by atoms with Crippen LogP contribution in [-0.4, -0.2) is 211 Å². The Labute approximate surface area is 757 Å². The number of alkyl halides is 3. The molecule has 696 valence electrons. The number of aromatic amines is 2. The van der Waals surface area contributed by atoms with Crippen molar-refractivity contribution < 1.29 is 90.6 Å². The lowest BCUT2D eigenvalue weighted by atomic mass is 9.75. The molecule has 4 aromatic heterocycles. The number of likely N-dealkylation sites (tertiary alicyclic amines) is 4. The minimum atomic E-state index is -4.28. The number of amides is 8. The SMILES string of the molecule is CC(C)OC(=O)N1CC2(C1)C(=O)N(Cc1nc3c([nH]1)CCCC3=O)c1ccccc12.CC(C)OC(=O)N1CC2(C1)C(=O)N(Cc1nc3c([nH]1)CCCC3O)c1ccccc12.CC(C)OC(=O)N1CC2(C1)C(=O)N(Cc1nc3c(n1CCCC(F)(F)F)C(O)CCC3)c1ccccc12.CCCCn1c(CN2C(=O)C3(CN(C(=O)OC(C)C)C3)c3ccccc32)nc2c1C(O)CCC2. The van der Waals surface area contributed by atoms with Crippen molar-refractivity contribution in [2.75, 3.05) is 72.0 Å². The number of carbonyl (C=O) groups excluding carboxylic acids is 9. The van der Waals surface area contributed by atoms with Gasteiger partial charge >= 0.3 is 30.5 Å². The number of imidazole rings is 4. The molecule has 8 aromatic rings. The molecular formula is C96H115F3N16O16. The fraction of sp³-hybridized carbons (Fsp3) is 0.531. The first-order chi connectivity index (χ1) is 62.6. The van der Waals surface area contributed by atoms with Gasteiger partial charge in [0.15, 0.2) is 5.78 Å². The number of para-hydroxylation sites is 4. The minimum absolute atomic E-state index is 0.00542. The second kappa shape index (κ2) is 36.0. The van der Waals surface area contributed by atoms with Crippen LogP contribution in [0.4, 0.5) is 55.1 Å². The van der Waals surface area contributed by atoms with Crippen molar-refractivity contribution in [1.82, 2.24) is 58.6 Å². The van der Waals surface area contributed by atoms with Crippen molar-refractivity contribution >= 4 is 76.5 Å². The normalized spacial score (nSPS) is 20.4. The summed E-state index contributed by atoms with van der Waals surface area (Å²) in [5.74, 6) is 2.41. The van der Waals surface area contributed by atoms with Gasteiger partial charge in [-0.1, -0.05) is 86.1 Å². The van der Waals surface area contributed by atoms with Gasteiger partial charge in [-0.3, -0.25) is 24.0 Å². The predicted molar refractivity (Wildman–Crippen MR) is 473 cm³/mol. The molecule has 32 nitrogen and oxygen atoms in total. The highest BCUT2D eigenvalue weighted by atomic mass is 19.4. The number of nitrogens with one attached hydrogen (secondary N) is 2. The molecule has 0 radical (unpaired) electrons. The molecule has 3 unspecified atom stereocenters. The first kappa shape index (κ1) is 90.9. The number of halogens is 3. The van der Waals surface area contributed by atoms with E-state index in [1.54, 1.807) is 61.7 Å². The zero-order chi connectivity index (χ0) is 92.7. The highest BCUT2D eigenvalue weighted by Gasteiger charge is 2.64. The van der Waals surface area contributed by atoms with E-state index in [1.165, 1.54) is 4.90 Å². The summed E-state index contributed by atoms with van der Waals surface area (Å²) >= 11 is 0. The number of Topliss-reactive ketones (excluding diaryl/α,β-unsaturated/α-hetero) is 1. The number of ketones is 1. The number of rotatable bonds is 18. The Kier molecular flexibility index (Phi) is 25.0. The van der Waals surface area contributed by atoms with E-state index in [0.29, 0.717) is 124 Å². The second-order valence-electron chi connectivity index (χ2n) is 37.8. The van der Waals surface area contributed by atoms with Crippen LogP contribution in [-0.2, 0) is 125 Å². The standard InChI is InChI=1S/C26H31F3N4O4.C26H34N4O4.C22H26N4O4.C22H24N4O4/c1-16(2)37-24(36)31-14-25(15-31)17-7-3-4-9-19(17)33(23(25)35)13-21-30-18-8-5-10-20(34)22(18)32(21)12-6-11-26(27,28)29;1-4-5-13-29-22(27-19-10-8-12-21(31)23(19)29)14-30-20-11-7-6-9-18(20)26(24(30)32)15-28(16-26)25(33)34-17(2)3;2*1-13(2)30-21(29)25-11-22(12-25)14-6-3-4-8-16(14)26(20(22)28)10-18-23-15-7-5-9-17(27)19(15)24-18/h3-4,7,9,16,20,34H,5-6,8,10-15H2,1-2H3;6-7,9,11,17,21,31H,4-5,8,10,12-16H2,1-3H3;3-4,6,8,13,17,27H,5,7,9-12H2,1-2H3,(H,23,24);3-4,6,8,13H,5,7,9-12H2,1-2H3,(H,23,24). The maximum Gasteiger partial charge on any atom is 0.410 e. The number of anilines is 4. The highest BCUT2D eigenvalue weighted by molar-refractivity contribution is 6.13. The van der Waals surface area contributed by atoms with Crippen LogP contribution in [0.15, 0.2) is 97.1 Å². The molecule has 0 saturated carbocycles. The van der Waals surface area contributed by atoms with Gasteiger partial charge in [0.05, 0.1) is 97.4 Å². The molecule has 4 aliphatic carbocycles. The number of aliphatic hydroxyl groups excluding tert-OH is 3. The number of aromatic nitrogens is 8. The van der Waals surface area contributed by atoms with Crippen LogP contribution in [0, 0.1) is 0 Å². The number of aryl methyl sites for hydroxylation is 4. The highest BCUT2D eigenvalue weighted by Crippen LogP contribution is 2.54. The number of unbranched alkanes of at least 4 members (excludes halogenated alkanes) is 1. The van der Waals surface area contributed by atoms with Crippen molar-refractivity contribution in [2.24, 2.45) is 0 Å². The number of hydrogen-bond acceptors (Lipinski definition) is 20. The number of ether oxygens (including phenoxy) is 4. The van der Waals surface area contributed by atoms with Gasteiger partial charge in [0.2, 0.25) is 23.6 Å². The van der Waals surface area contributed by atoms with Crippen LogP contribution in [0.1, 0.15) is 254 Å². The zero-order valence-corrected chi connectivity index (χ0v) is 75.5. The average Bonchev–Trinajstić information content (AvgIpc) is 1.57. The van der Waals surface area contributed by atoms with Crippen LogP contribution in [0.2, 0.25) is 0 Å². The van der Waals surface area contributed by atoms with Crippen molar-refractivity contribution in [3.8, 4) is 0 Å². The summed E-state index contributed by atoms with van der Waals surface area (Å²) in [5.41, 5.74) is 10.0. The molecule has 20 rings (SSSR count). The van der Waals surface area contributed by atoms with Gasteiger partial charge in [0, 0.05) is 112 Å².